The molecule has 2 rings (SSSR count). The van der Waals surface area contributed by atoms with Gasteiger partial charge in [0.05, 0.1) is 4.92 Å². The molecule has 1 aliphatic heterocycles. The molecule has 18 heavy (non-hydrogen) atoms. The van der Waals surface area contributed by atoms with Gasteiger partial charge in [-0.25, -0.2) is 4.79 Å². The summed E-state index contributed by atoms with van der Waals surface area (Å²) >= 11 is 0. The van der Waals surface area contributed by atoms with E-state index in [-0.39, 0.29) is 11.7 Å². The van der Waals surface area contributed by atoms with Gasteiger partial charge in [-0.15, -0.1) is 0 Å². The molecule has 0 aromatic heterocycles. The number of hydrogen-bond acceptors (Lipinski definition) is 3. The number of non-ortho nitro benzene ring substituents is 1. The van der Waals surface area contributed by atoms with E-state index in [1.54, 1.807) is 11.0 Å². The average molecular weight is 249 g/mol. The lowest BCUT2D eigenvalue weighted by Gasteiger charge is -2.29. The summed E-state index contributed by atoms with van der Waals surface area (Å²) in [5.41, 5.74) is 1.65. The molecule has 0 spiro atoms. The molecule has 0 bridgehead atoms. The third kappa shape index (κ3) is 2.27. The van der Waals surface area contributed by atoms with Crippen molar-refractivity contribution in [3.8, 4) is 0 Å². The van der Waals surface area contributed by atoms with Gasteiger partial charge in [0, 0.05) is 30.9 Å². The fourth-order valence-electron chi connectivity index (χ4n) is 2.09. The van der Waals surface area contributed by atoms with Crippen LogP contribution in [0.25, 0.3) is 0 Å². The second-order valence-corrected chi connectivity index (χ2v) is 4.16. The third-order valence-electron chi connectivity index (χ3n) is 3.03. The third-order valence-corrected chi connectivity index (χ3v) is 3.03. The zero-order valence-electron chi connectivity index (χ0n) is 10.2. The first kappa shape index (κ1) is 12.3. The lowest BCUT2D eigenvalue weighted by molar-refractivity contribution is -0.384. The van der Waals surface area contributed by atoms with Gasteiger partial charge in [0.15, 0.2) is 0 Å². The Hall–Kier alpha value is -2.11. The van der Waals surface area contributed by atoms with Crippen molar-refractivity contribution in [1.29, 1.82) is 0 Å². The molecule has 1 aromatic carbocycles. The first-order valence-electron chi connectivity index (χ1n) is 5.96. The van der Waals surface area contributed by atoms with Gasteiger partial charge in [-0.05, 0) is 24.5 Å². The van der Waals surface area contributed by atoms with Crippen LogP contribution in [-0.4, -0.2) is 24.0 Å². The van der Waals surface area contributed by atoms with Crippen LogP contribution in [0.5, 0.6) is 0 Å². The fourth-order valence-corrected chi connectivity index (χ4v) is 2.09. The maximum Gasteiger partial charge on any atom is 0.321 e. The van der Waals surface area contributed by atoms with Gasteiger partial charge in [-0.3, -0.25) is 15.0 Å². The van der Waals surface area contributed by atoms with E-state index >= 15 is 0 Å². The summed E-state index contributed by atoms with van der Waals surface area (Å²) in [7, 11) is 0. The number of aryl methyl sites for hydroxylation is 1. The van der Waals surface area contributed by atoms with Crippen LogP contribution in [0, 0.1) is 10.1 Å². The van der Waals surface area contributed by atoms with Gasteiger partial charge in [0.2, 0.25) is 0 Å². The van der Waals surface area contributed by atoms with E-state index in [2.05, 4.69) is 5.32 Å². The maximum atomic E-state index is 11.8. The lowest BCUT2D eigenvalue weighted by atomic mass is 10.1. The van der Waals surface area contributed by atoms with E-state index in [0.29, 0.717) is 19.5 Å². The van der Waals surface area contributed by atoms with E-state index in [9.17, 15) is 14.9 Å². The number of nitrogens with zero attached hydrogens (tertiary/aromatic N) is 2. The van der Waals surface area contributed by atoms with Crippen LogP contribution in [0.1, 0.15) is 18.9 Å². The smallest absolute Gasteiger partial charge is 0.321 e. The Balaban J connectivity index is 2.37. The Labute approximate surface area is 105 Å². The highest BCUT2D eigenvalue weighted by Gasteiger charge is 2.22. The van der Waals surface area contributed by atoms with Crippen molar-refractivity contribution >= 4 is 17.4 Å². The summed E-state index contributed by atoms with van der Waals surface area (Å²) in [4.78, 5) is 23.7. The summed E-state index contributed by atoms with van der Waals surface area (Å²) in [5.74, 6) is 0. The predicted molar refractivity (Wildman–Crippen MR) is 67.8 cm³/mol. The molecule has 0 aliphatic carbocycles. The van der Waals surface area contributed by atoms with Crippen LogP contribution in [0.15, 0.2) is 18.2 Å². The van der Waals surface area contributed by atoms with E-state index in [1.165, 1.54) is 12.1 Å². The summed E-state index contributed by atoms with van der Waals surface area (Å²) in [6.07, 6.45) is 1.53. The number of nitro benzene ring substituents is 1. The molecule has 2 amide bonds. The molecule has 1 aliphatic rings. The Morgan fingerprint density at radius 2 is 2.28 bits per heavy atom. The first-order valence-corrected chi connectivity index (χ1v) is 5.96. The Bertz CT molecular complexity index is 487. The van der Waals surface area contributed by atoms with E-state index < -0.39 is 4.92 Å². The molecule has 1 fully saturated rings. The van der Waals surface area contributed by atoms with Crippen LogP contribution in [0.3, 0.4) is 0 Å². The van der Waals surface area contributed by atoms with Crippen LogP contribution >= 0.6 is 0 Å². The number of carbonyl (C=O) groups excluding carboxylic acids is 1. The highest BCUT2D eigenvalue weighted by atomic mass is 16.6. The van der Waals surface area contributed by atoms with E-state index in [4.69, 9.17) is 0 Å². The molecule has 0 saturated carbocycles. The van der Waals surface area contributed by atoms with Crippen LogP contribution in [-0.2, 0) is 6.42 Å². The van der Waals surface area contributed by atoms with Crippen molar-refractivity contribution in [2.75, 3.05) is 18.0 Å². The van der Waals surface area contributed by atoms with Crippen molar-refractivity contribution in [2.45, 2.75) is 19.8 Å². The molecule has 0 unspecified atom stereocenters. The minimum Gasteiger partial charge on any atom is -0.338 e. The lowest BCUT2D eigenvalue weighted by Crippen LogP contribution is -2.46. The summed E-state index contributed by atoms with van der Waals surface area (Å²) in [5, 5.41) is 13.5. The summed E-state index contributed by atoms with van der Waals surface area (Å²) < 4.78 is 0. The molecular weight excluding hydrogens is 234 g/mol. The van der Waals surface area contributed by atoms with Gasteiger partial charge in [0.25, 0.3) is 5.69 Å². The Morgan fingerprint density at radius 1 is 1.50 bits per heavy atom. The minimum atomic E-state index is -0.417. The normalized spacial score (nSPS) is 15.4. The first-order chi connectivity index (χ1) is 8.63. The molecule has 1 saturated heterocycles. The van der Waals surface area contributed by atoms with Crippen molar-refractivity contribution in [3.05, 3.63) is 33.9 Å². The molecule has 0 atom stereocenters. The number of carbonyl (C=O) groups is 1. The van der Waals surface area contributed by atoms with Gasteiger partial charge in [0.1, 0.15) is 0 Å². The molecular formula is C12H15N3O3. The highest BCUT2D eigenvalue weighted by Crippen LogP contribution is 2.27. The maximum absolute atomic E-state index is 11.8. The van der Waals surface area contributed by atoms with Crippen molar-refractivity contribution < 1.29 is 9.72 Å². The second kappa shape index (κ2) is 5.03. The van der Waals surface area contributed by atoms with Crippen molar-refractivity contribution in [3.63, 3.8) is 0 Å². The Morgan fingerprint density at radius 3 is 2.89 bits per heavy atom. The number of benzene rings is 1. The fraction of sp³-hybridized carbons (Fsp3) is 0.417. The summed E-state index contributed by atoms with van der Waals surface area (Å²) in [6, 6.07) is 4.50. The molecule has 0 radical (unpaired) electrons. The SMILES string of the molecule is CCc1cc([N+](=O)[O-])ccc1N1CCCNC1=O. The molecule has 1 heterocycles. The molecule has 6 heteroatoms. The van der Waals surface area contributed by atoms with E-state index in [0.717, 1.165) is 17.7 Å². The topological polar surface area (TPSA) is 75.5 Å². The van der Waals surface area contributed by atoms with Gasteiger partial charge < -0.3 is 5.32 Å². The van der Waals surface area contributed by atoms with E-state index in [1.807, 2.05) is 6.92 Å². The van der Waals surface area contributed by atoms with Gasteiger partial charge in [-0.2, -0.15) is 0 Å². The molecule has 1 N–H and O–H groups in total. The number of nitro groups is 1. The standard InChI is InChI=1S/C12H15N3O3/c1-2-9-8-10(15(17)18)4-5-11(9)14-7-3-6-13-12(14)16/h4-5,8H,2-3,6-7H2,1H3,(H,13,16). The number of urea groups is 1. The van der Waals surface area contributed by atoms with Gasteiger partial charge >= 0.3 is 6.03 Å². The van der Waals surface area contributed by atoms with Crippen molar-refractivity contribution in [1.82, 2.24) is 5.32 Å². The number of rotatable bonds is 3. The monoisotopic (exact) mass is 249 g/mol. The Kier molecular flexibility index (Phi) is 3.45. The van der Waals surface area contributed by atoms with Crippen LogP contribution < -0.4 is 10.2 Å². The molecule has 96 valence electrons. The van der Waals surface area contributed by atoms with Crippen LogP contribution in [0.4, 0.5) is 16.2 Å². The van der Waals surface area contributed by atoms with Crippen molar-refractivity contribution in [2.24, 2.45) is 0 Å². The second-order valence-electron chi connectivity index (χ2n) is 4.16. The molecule has 1 aromatic rings. The zero-order valence-corrected chi connectivity index (χ0v) is 10.2. The number of amides is 2. The highest BCUT2D eigenvalue weighted by molar-refractivity contribution is 5.93. The summed E-state index contributed by atoms with van der Waals surface area (Å²) in [6.45, 7) is 3.25. The van der Waals surface area contributed by atoms with Gasteiger partial charge in [-0.1, -0.05) is 6.92 Å². The average Bonchev–Trinajstić information content (AvgIpc) is 2.38. The van der Waals surface area contributed by atoms with Crippen LogP contribution in [0.2, 0.25) is 0 Å². The minimum absolute atomic E-state index is 0.0630. The molecule has 6 nitrogen and oxygen atoms in total. The zero-order chi connectivity index (χ0) is 13.1. The number of nitrogens with one attached hydrogen (secondary N) is 1. The largest absolute Gasteiger partial charge is 0.338 e. The number of anilines is 1. The quantitative estimate of drug-likeness (QED) is 0.658. The predicted octanol–water partition coefficient (Wildman–Crippen LogP) is 2.08. The number of hydrogen-bond donors (Lipinski definition) is 1.